The van der Waals surface area contributed by atoms with Gasteiger partial charge in [0, 0.05) is 22.2 Å². The molecular formula is C24H27NO5. The molecular weight excluding hydrogens is 382 g/mol. The molecule has 3 aromatic rings. The molecule has 0 aliphatic rings. The van der Waals surface area contributed by atoms with Crippen LogP contribution in [0.15, 0.2) is 42.5 Å². The highest BCUT2D eigenvalue weighted by molar-refractivity contribution is 6.11. The first kappa shape index (κ1) is 21.4. The van der Waals surface area contributed by atoms with Gasteiger partial charge in [-0.15, -0.1) is 0 Å². The number of carbonyl (C=O) groups excluding carboxylic acids is 2. The van der Waals surface area contributed by atoms with Crippen molar-refractivity contribution in [2.24, 2.45) is 5.92 Å². The van der Waals surface area contributed by atoms with Gasteiger partial charge in [0.2, 0.25) is 5.78 Å². The zero-order chi connectivity index (χ0) is 21.8. The van der Waals surface area contributed by atoms with Crippen LogP contribution in [0.4, 0.5) is 0 Å². The van der Waals surface area contributed by atoms with Crippen LogP contribution in [-0.2, 0) is 4.74 Å². The highest BCUT2D eigenvalue weighted by Gasteiger charge is 2.25. The predicted octanol–water partition coefficient (Wildman–Crippen LogP) is 4.95. The summed E-state index contributed by atoms with van der Waals surface area (Å²) >= 11 is 0. The first-order valence-electron chi connectivity index (χ1n) is 9.95. The molecule has 30 heavy (non-hydrogen) atoms. The summed E-state index contributed by atoms with van der Waals surface area (Å²) in [5.74, 6) is 0.515. The van der Waals surface area contributed by atoms with Crippen LogP contribution in [-0.4, -0.2) is 36.6 Å². The Kier molecular flexibility index (Phi) is 6.45. The molecule has 3 rings (SSSR count). The second-order valence-corrected chi connectivity index (χ2v) is 7.65. The summed E-state index contributed by atoms with van der Waals surface area (Å²) in [4.78, 5) is 28.8. The van der Waals surface area contributed by atoms with Gasteiger partial charge in [0.25, 0.3) is 0 Å². The van der Waals surface area contributed by atoms with Crippen LogP contribution in [0.5, 0.6) is 11.5 Å². The van der Waals surface area contributed by atoms with Gasteiger partial charge in [0.1, 0.15) is 0 Å². The predicted molar refractivity (Wildman–Crippen MR) is 116 cm³/mol. The summed E-state index contributed by atoms with van der Waals surface area (Å²) in [6.07, 6.45) is -0.932. The van der Waals surface area contributed by atoms with E-state index >= 15 is 0 Å². The Morgan fingerprint density at radius 1 is 1.03 bits per heavy atom. The fourth-order valence-corrected chi connectivity index (χ4v) is 3.25. The zero-order valence-electron chi connectivity index (χ0n) is 17.9. The molecule has 1 N–H and O–H groups in total. The first-order chi connectivity index (χ1) is 14.3. The molecule has 0 aliphatic heterocycles. The molecule has 6 heteroatoms. The van der Waals surface area contributed by atoms with Crippen molar-refractivity contribution in [2.45, 2.75) is 33.8 Å². The van der Waals surface area contributed by atoms with E-state index in [9.17, 15) is 9.59 Å². The van der Waals surface area contributed by atoms with E-state index in [0.717, 1.165) is 16.6 Å². The number of ketones is 1. The van der Waals surface area contributed by atoms with E-state index in [1.165, 1.54) is 7.11 Å². The number of aryl methyl sites for hydroxylation is 1. The molecule has 0 aliphatic carbocycles. The molecule has 1 atom stereocenters. The third-order valence-corrected chi connectivity index (χ3v) is 4.76. The Morgan fingerprint density at radius 2 is 1.77 bits per heavy atom. The minimum Gasteiger partial charge on any atom is -0.493 e. The summed E-state index contributed by atoms with van der Waals surface area (Å²) in [5.41, 5.74) is 2.45. The van der Waals surface area contributed by atoms with E-state index in [4.69, 9.17) is 14.2 Å². The SMILES string of the molecule is COc1cc(C(=O)O[C@@H](C)C(=O)c2c(C)[nH]c3ccccc23)ccc1OCC(C)C. The second kappa shape index (κ2) is 9.03. The molecule has 6 nitrogen and oxygen atoms in total. The number of rotatable bonds is 8. The Labute approximate surface area is 176 Å². The maximum Gasteiger partial charge on any atom is 0.338 e. The Hall–Kier alpha value is -3.28. The molecule has 0 saturated carbocycles. The topological polar surface area (TPSA) is 77.6 Å². The molecule has 1 heterocycles. The smallest absolute Gasteiger partial charge is 0.338 e. The molecule has 0 spiro atoms. The van der Waals surface area contributed by atoms with Crippen molar-refractivity contribution in [3.05, 3.63) is 59.3 Å². The summed E-state index contributed by atoms with van der Waals surface area (Å²) < 4.78 is 16.5. The van der Waals surface area contributed by atoms with Crippen molar-refractivity contribution in [3.63, 3.8) is 0 Å². The molecule has 0 amide bonds. The fraction of sp³-hybridized carbons (Fsp3) is 0.333. The van der Waals surface area contributed by atoms with Gasteiger partial charge in [-0.25, -0.2) is 4.79 Å². The van der Waals surface area contributed by atoms with Gasteiger partial charge in [0.15, 0.2) is 17.6 Å². The number of fused-ring (bicyclic) bond motifs is 1. The first-order valence-corrected chi connectivity index (χ1v) is 9.95. The van der Waals surface area contributed by atoms with E-state index in [2.05, 4.69) is 4.98 Å². The second-order valence-electron chi connectivity index (χ2n) is 7.65. The number of Topliss-reactive ketones (excluding diaryl/α,β-unsaturated/α-hetero) is 1. The minimum absolute atomic E-state index is 0.248. The highest BCUT2D eigenvalue weighted by Crippen LogP contribution is 2.29. The van der Waals surface area contributed by atoms with Crippen molar-refractivity contribution in [1.29, 1.82) is 0 Å². The van der Waals surface area contributed by atoms with Gasteiger partial charge in [-0.1, -0.05) is 32.0 Å². The highest BCUT2D eigenvalue weighted by atomic mass is 16.5. The monoisotopic (exact) mass is 409 g/mol. The summed E-state index contributed by atoms with van der Waals surface area (Å²) in [7, 11) is 1.51. The van der Waals surface area contributed by atoms with E-state index in [0.29, 0.717) is 35.2 Å². The number of esters is 1. The molecule has 0 radical (unpaired) electrons. The van der Waals surface area contributed by atoms with Crippen LogP contribution >= 0.6 is 0 Å². The Balaban J connectivity index is 1.76. The van der Waals surface area contributed by atoms with Crippen molar-refractivity contribution in [1.82, 2.24) is 4.98 Å². The van der Waals surface area contributed by atoms with Gasteiger partial charge in [-0.05, 0) is 44.0 Å². The number of carbonyl (C=O) groups is 2. The van der Waals surface area contributed by atoms with Crippen molar-refractivity contribution in [3.8, 4) is 11.5 Å². The fourth-order valence-electron chi connectivity index (χ4n) is 3.25. The quantitative estimate of drug-likeness (QED) is 0.421. The maximum absolute atomic E-state index is 13.0. The Bertz CT molecular complexity index is 1070. The number of hydrogen-bond donors (Lipinski definition) is 1. The van der Waals surface area contributed by atoms with Gasteiger partial charge < -0.3 is 19.2 Å². The van der Waals surface area contributed by atoms with Crippen LogP contribution in [0.1, 0.15) is 47.2 Å². The molecule has 1 aromatic heterocycles. The van der Waals surface area contributed by atoms with Crippen LogP contribution in [0.2, 0.25) is 0 Å². The third kappa shape index (κ3) is 4.48. The molecule has 0 fully saturated rings. The number of hydrogen-bond acceptors (Lipinski definition) is 5. The largest absolute Gasteiger partial charge is 0.493 e. The average molecular weight is 409 g/mol. The standard InChI is InChI=1S/C24H27NO5/c1-14(2)13-29-20-11-10-17(12-21(20)28-5)24(27)30-16(4)23(26)22-15(3)25-19-9-7-6-8-18(19)22/h6-12,14,16,25H,13H2,1-5H3/t16-/m0/s1. The molecule has 0 unspecified atom stereocenters. The maximum atomic E-state index is 13.0. The molecule has 158 valence electrons. The number of aromatic amines is 1. The normalized spacial score (nSPS) is 12.1. The molecule has 0 saturated heterocycles. The Morgan fingerprint density at radius 3 is 2.47 bits per heavy atom. The van der Waals surface area contributed by atoms with E-state index in [1.807, 2.05) is 45.0 Å². The molecule has 2 aromatic carbocycles. The molecule has 0 bridgehead atoms. The summed E-state index contributed by atoms with van der Waals surface area (Å²) in [6.45, 7) is 8.05. The number of nitrogens with one attached hydrogen (secondary N) is 1. The van der Waals surface area contributed by atoms with Crippen molar-refractivity contribution < 1.29 is 23.8 Å². The van der Waals surface area contributed by atoms with Gasteiger partial charge in [-0.3, -0.25) is 4.79 Å². The lowest BCUT2D eigenvalue weighted by Crippen LogP contribution is -2.25. The van der Waals surface area contributed by atoms with Crippen LogP contribution in [0.25, 0.3) is 10.9 Å². The van der Waals surface area contributed by atoms with Crippen LogP contribution < -0.4 is 9.47 Å². The lowest BCUT2D eigenvalue weighted by atomic mass is 10.0. The third-order valence-electron chi connectivity index (χ3n) is 4.76. The number of methoxy groups -OCH3 is 1. The van der Waals surface area contributed by atoms with Gasteiger partial charge >= 0.3 is 5.97 Å². The van der Waals surface area contributed by atoms with Gasteiger partial charge in [-0.2, -0.15) is 0 Å². The summed E-state index contributed by atoms with van der Waals surface area (Å²) in [6, 6.07) is 12.4. The number of H-pyrrole nitrogens is 1. The lowest BCUT2D eigenvalue weighted by Gasteiger charge is -2.15. The number of ether oxygens (including phenoxy) is 3. The number of aromatic nitrogens is 1. The van der Waals surface area contributed by atoms with Gasteiger partial charge in [0.05, 0.1) is 19.3 Å². The number of para-hydroxylation sites is 1. The van der Waals surface area contributed by atoms with E-state index in [-0.39, 0.29) is 5.78 Å². The van der Waals surface area contributed by atoms with E-state index in [1.54, 1.807) is 25.1 Å². The zero-order valence-corrected chi connectivity index (χ0v) is 17.9. The average Bonchev–Trinajstić information content (AvgIpc) is 3.06. The van der Waals surface area contributed by atoms with E-state index < -0.39 is 12.1 Å². The summed E-state index contributed by atoms with van der Waals surface area (Å²) in [5, 5.41) is 0.816. The van der Waals surface area contributed by atoms with Crippen molar-refractivity contribution in [2.75, 3.05) is 13.7 Å². The lowest BCUT2D eigenvalue weighted by molar-refractivity contribution is 0.0318. The van der Waals surface area contributed by atoms with Crippen LogP contribution in [0, 0.1) is 12.8 Å². The number of benzene rings is 2. The minimum atomic E-state index is -0.932. The van der Waals surface area contributed by atoms with Crippen molar-refractivity contribution >= 4 is 22.7 Å². The van der Waals surface area contributed by atoms with Crippen LogP contribution in [0.3, 0.4) is 0 Å².